The first-order chi connectivity index (χ1) is 9.87. The molecule has 0 saturated heterocycles. The van der Waals surface area contributed by atoms with Gasteiger partial charge in [-0.15, -0.1) is 0 Å². The maximum atomic E-state index is 14.1. The van der Waals surface area contributed by atoms with E-state index in [0.717, 1.165) is 0 Å². The van der Waals surface area contributed by atoms with Gasteiger partial charge in [-0.2, -0.15) is 0 Å². The minimum Gasteiger partial charge on any atom is -0.299 e. The minimum atomic E-state index is -0.437. The van der Waals surface area contributed by atoms with Crippen LogP contribution >= 0.6 is 0 Å². The van der Waals surface area contributed by atoms with Crippen molar-refractivity contribution < 1.29 is 14.0 Å². The van der Waals surface area contributed by atoms with Crippen molar-refractivity contribution in [2.75, 3.05) is 0 Å². The highest BCUT2D eigenvalue weighted by molar-refractivity contribution is 6.13. The average molecular weight is 287 g/mol. The Morgan fingerprint density at radius 2 is 1.90 bits per heavy atom. The van der Waals surface area contributed by atoms with E-state index in [1.54, 1.807) is 18.2 Å². The van der Waals surface area contributed by atoms with Gasteiger partial charge in [0, 0.05) is 24.5 Å². The van der Waals surface area contributed by atoms with Crippen molar-refractivity contribution in [3.63, 3.8) is 0 Å². The lowest BCUT2D eigenvalue weighted by Gasteiger charge is -2.39. The highest BCUT2D eigenvalue weighted by Crippen LogP contribution is 2.44. The van der Waals surface area contributed by atoms with E-state index >= 15 is 0 Å². The number of rotatable bonds is 1. The smallest absolute Gasteiger partial charge is 0.246 e. The molecule has 0 N–H and O–H groups in total. The summed E-state index contributed by atoms with van der Waals surface area (Å²) in [6.45, 7) is 4.00. The van der Waals surface area contributed by atoms with Crippen molar-refractivity contribution >= 4 is 17.4 Å². The van der Waals surface area contributed by atoms with Gasteiger partial charge in [-0.3, -0.25) is 9.59 Å². The van der Waals surface area contributed by atoms with Gasteiger partial charge in [0.2, 0.25) is 5.91 Å². The SMILES string of the molecule is CC1(C)CC(=O)C2C(=NC(=O)CC2c2ccccc2F)C1. The standard InChI is InChI=1S/C17H18FNO2/c1-17(2)8-13-16(14(20)9-17)11(7-15(21)19-13)10-5-3-4-6-12(10)18/h3-6,11,16H,7-9H2,1-2H3. The molecule has 1 amide bonds. The topological polar surface area (TPSA) is 46.5 Å². The molecule has 0 spiro atoms. The fourth-order valence-electron chi connectivity index (χ4n) is 3.57. The summed E-state index contributed by atoms with van der Waals surface area (Å²) in [5, 5.41) is 0. The van der Waals surface area contributed by atoms with Crippen LogP contribution in [-0.2, 0) is 9.59 Å². The van der Waals surface area contributed by atoms with Crippen molar-refractivity contribution in [2.24, 2.45) is 16.3 Å². The Morgan fingerprint density at radius 1 is 1.19 bits per heavy atom. The Bertz CT molecular complexity index is 648. The monoisotopic (exact) mass is 287 g/mol. The molecule has 2 aliphatic rings. The molecule has 1 saturated carbocycles. The zero-order chi connectivity index (χ0) is 15.2. The second kappa shape index (κ2) is 4.86. The summed E-state index contributed by atoms with van der Waals surface area (Å²) >= 11 is 0. The molecule has 21 heavy (non-hydrogen) atoms. The molecule has 0 aromatic heterocycles. The normalized spacial score (nSPS) is 28.0. The van der Waals surface area contributed by atoms with Gasteiger partial charge in [-0.1, -0.05) is 32.0 Å². The summed E-state index contributed by atoms with van der Waals surface area (Å²) in [4.78, 5) is 28.5. The molecule has 3 nitrogen and oxygen atoms in total. The summed E-state index contributed by atoms with van der Waals surface area (Å²) < 4.78 is 14.1. The first kappa shape index (κ1) is 14.1. The Balaban J connectivity index is 2.05. The molecule has 1 fully saturated rings. The zero-order valence-electron chi connectivity index (χ0n) is 12.2. The number of nitrogens with zero attached hydrogens (tertiary/aromatic N) is 1. The number of hydrogen-bond donors (Lipinski definition) is 0. The number of hydrogen-bond acceptors (Lipinski definition) is 2. The fraction of sp³-hybridized carbons (Fsp3) is 0.471. The van der Waals surface area contributed by atoms with Crippen molar-refractivity contribution in [1.82, 2.24) is 0 Å². The predicted octanol–water partition coefficient (Wildman–Crippen LogP) is 3.29. The number of ketones is 1. The first-order valence-corrected chi connectivity index (χ1v) is 7.25. The van der Waals surface area contributed by atoms with Crippen LogP contribution in [0.5, 0.6) is 0 Å². The summed E-state index contributed by atoms with van der Waals surface area (Å²) in [5.74, 6) is -1.37. The molecule has 1 aliphatic carbocycles. The van der Waals surface area contributed by atoms with Gasteiger partial charge in [0.15, 0.2) is 0 Å². The van der Waals surface area contributed by atoms with Crippen molar-refractivity contribution in [3.05, 3.63) is 35.6 Å². The van der Waals surface area contributed by atoms with Gasteiger partial charge in [0.05, 0.1) is 5.92 Å². The van der Waals surface area contributed by atoms with Crippen LogP contribution in [0.15, 0.2) is 29.3 Å². The van der Waals surface area contributed by atoms with Crippen LogP contribution in [0.2, 0.25) is 0 Å². The third-order valence-corrected chi connectivity index (χ3v) is 4.39. The van der Waals surface area contributed by atoms with Crippen LogP contribution in [0, 0.1) is 17.2 Å². The van der Waals surface area contributed by atoms with E-state index in [2.05, 4.69) is 4.99 Å². The number of aliphatic imine (C=N–C) groups is 1. The van der Waals surface area contributed by atoms with Crippen LogP contribution in [0.4, 0.5) is 4.39 Å². The number of benzene rings is 1. The predicted molar refractivity (Wildman–Crippen MR) is 77.7 cm³/mol. The molecule has 0 radical (unpaired) electrons. The molecule has 1 aromatic rings. The molecule has 1 aromatic carbocycles. The largest absolute Gasteiger partial charge is 0.299 e. The number of amides is 1. The third-order valence-electron chi connectivity index (χ3n) is 4.39. The van der Waals surface area contributed by atoms with E-state index in [9.17, 15) is 14.0 Å². The Labute approximate surface area is 123 Å². The Hall–Kier alpha value is -1.84. The lowest BCUT2D eigenvalue weighted by atomic mass is 9.64. The van der Waals surface area contributed by atoms with Gasteiger partial charge < -0.3 is 0 Å². The lowest BCUT2D eigenvalue weighted by Crippen LogP contribution is -2.44. The van der Waals surface area contributed by atoms with Crippen LogP contribution in [0.25, 0.3) is 0 Å². The number of carbonyl (C=O) groups excluding carboxylic acids is 2. The van der Waals surface area contributed by atoms with E-state index in [1.165, 1.54) is 6.07 Å². The van der Waals surface area contributed by atoms with Crippen molar-refractivity contribution in [3.8, 4) is 0 Å². The molecular weight excluding hydrogens is 269 g/mol. The molecule has 1 aliphatic heterocycles. The zero-order valence-corrected chi connectivity index (χ0v) is 12.2. The van der Waals surface area contributed by atoms with Crippen LogP contribution in [-0.4, -0.2) is 17.4 Å². The van der Waals surface area contributed by atoms with Crippen LogP contribution in [0.3, 0.4) is 0 Å². The molecule has 0 bridgehead atoms. The molecular formula is C17H18FNO2. The second-order valence-electron chi connectivity index (χ2n) is 6.79. The summed E-state index contributed by atoms with van der Waals surface area (Å²) in [7, 11) is 0. The molecule has 4 heteroatoms. The van der Waals surface area contributed by atoms with E-state index < -0.39 is 11.8 Å². The Kier molecular flexibility index (Phi) is 3.27. The summed E-state index contributed by atoms with van der Waals surface area (Å²) in [6, 6.07) is 6.40. The number of carbonyl (C=O) groups is 2. The van der Waals surface area contributed by atoms with E-state index in [0.29, 0.717) is 24.1 Å². The maximum Gasteiger partial charge on any atom is 0.246 e. The van der Waals surface area contributed by atoms with Gasteiger partial charge in [-0.05, 0) is 23.5 Å². The average Bonchev–Trinajstić information content (AvgIpc) is 2.36. The maximum absolute atomic E-state index is 14.1. The van der Waals surface area contributed by atoms with E-state index in [4.69, 9.17) is 0 Å². The van der Waals surface area contributed by atoms with Crippen LogP contribution in [0.1, 0.15) is 44.6 Å². The van der Waals surface area contributed by atoms with E-state index in [1.807, 2.05) is 13.8 Å². The highest BCUT2D eigenvalue weighted by Gasteiger charge is 2.45. The Morgan fingerprint density at radius 3 is 2.62 bits per heavy atom. The molecule has 2 unspecified atom stereocenters. The van der Waals surface area contributed by atoms with Gasteiger partial charge in [0.25, 0.3) is 0 Å². The molecule has 3 rings (SSSR count). The number of halogens is 1. The molecule has 110 valence electrons. The first-order valence-electron chi connectivity index (χ1n) is 7.25. The minimum absolute atomic E-state index is 0.0748. The van der Waals surface area contributed by atoms with Crippen molar-refractivity contribution in [1.29, 1.82) is 0 Å². The summed E-state index contributed by atoms with van der Waals surface area (Å²) in [6.07, 6.45) is 1.19. The third kappa shape index (κ3) is 2.55. The van der Waals surface area contributed by atoms with Gasteiger partial charge in [-0.25, -0.2) is 9.38 Å². The van der Waals surface area contributed by atoms with Crippen molar-refractivity contribution in [2.45, 2.75) is 39.0 Å². The molecule has 2 atom stereocenters. The lowest BCUT2D eigenvalue weighted by molar-refractivity contribution is -0.125. The number of Topliss-reactive ketones (excluding diaryl/α,β-unsaturated/α-hetero) is 1. The summed E-state index contributed by atoms with van der Waals surface area (Å²) in [5.41, 5.74) is 0.918. The quantitative estimate of drug-likeness (QED) is 0.795. The van der Waals surface area contributed by atoms with Crippen LogP contribution < -0.4 is 0 Å². The highest BCUT2D eigenvalue weighted by atomic mass is 19.1. The van der Waals surface area contributed by atoms with E-state index in [-0.39, 0.29) is 29.3 Å². The van der Waals surface area contributed by atoms with Gasteiger partial charge in [0.1, 0.15) is 11.6 Å². The number of fused-ring (bicyclic) bond motifs is 1. The molecule has 1 heterocycles. The van der Waals surface area contributed by atoms with Gasteiger partial charge >= 0.3 is 0 Å². The fourth-order valence-corrected chi connectivity index (χ4v) is 3.57. The second-order valence-corrected chi connectivity index (χ2v) is 6.79.